The van der Waals surface area contributed by atoms with Crippen molar-refractivity contribution in [3.8, 4) is 5.75 Å². The van der Waals surface area contributed by atoms with Gasteiger partial charge < -0.3 is 31.3 Å². The maximum absolute atomic E-state index is 13.8. The van der Waals surface area contributed by atoms with Gasteiger partial charge in [-0.05, 0) is 62.5 Å². The van der Waals surface area contributed by atoms with Gasteiger partial charge in [0.15, 0.2) is 23.0 Å². The van der Waals surface area contributed by atoms with Crippen LogP contribution in [0, 0.1) is 29.6 Å². The van der Waals surface area contributed by atoms with Gasteiger partial charge in [-0.25, -0.2) is 0 Å². The number of ketones is 3. The molecule has 0 aromatic heterocycles. The zero-order valence-corrected chi connectivity index (χ0v) is 21.0. The second kappa shape index (κ2) is 9.33. The lowest BCUT2D eigenvalue weighted by Gasteiger charge is -2.54. The molecule has 2 saturated carbocycles. The Morgan fingerprint density at radius 2 is 1.89 bits per heavy atom. The Hall–Kier alpha value is -2.66. The topological polar surface area (TPSA) is 170 Å². The molecule has 3 aliphatic carbocycles. The van der Waals surface area contributed by atoms with Crippen LogP contribution in [0.1, 0.15) is 41.8 Å². The van der Waals surface area contributed by atoms with Crippen molar-refractivity contribution in [3.05, 3.63) is 28.8 Å². The highest BCUT2D eigenvalue weighted by atomic mass is 16.3. The van der Waals surface area contributed by atoms with Crippen LogP contribution in [-0.4, -0.2) is 81.9 Å². The number of phenolic OH excluding ortho intramolecular Hbond substituents is 1. The van der Waals surface area contributed by atoms with E-state index in [1.54, 1.807) is 25.1 Å². The number of nitrogens with one attached hydrogen (secondary N) is 1. The number of benzene rings is 1. The molecule has 0 saturated heterocycles. The number of aliphatic hydroxyl groups is 2. The van der Waals surface area contributed by atoms with Crippen molar-refractivity contribution in [2.24, 2.45) is 35.3 Å². The van der Waals surface area contributed by atoms with E-state index >= 15 is 0 Å². The molecule has 196 valence electrons. The third-order valence-electron chi connectivity index (χ3n) is 8.14. The second-order valence-corrected chi connectivity index (χ2v) is 11.1. The summed E-state index contributed by atoms with van der Waals surface area (Å²) in [6.45, 7) is 5.39. The molecular formula is C26H35N3O7. The molecule has 1 amide bonds. The summed E-state index contributed by atoms with van der Waals surface area (Å²) in [5.41, 5.74) is 4.26. The van der Waals surface area contributed by atoms with Crippen molar-refractivity contribution in [1.29, 1.82) is 0 Å². The number of carbonyl (C=O) groups excluding carboxylic acids is 4. The number of hydrogen-bond donors (Lipinski definition) is 5. The Morgan fingerprint density at radius 3 is 2.47 bits per heavy atom. The maximum atomic E-state index is 13.8. The zero-order chi connectivity index (χ0) is 26.7. The average molecular weight is 502 g/mol. The predicted octanol–water partition coefficient (Wildman–Crippen LogP) is -0.596. The summed E-state index contributed by atoms with van der Waals surface area (Å²) in [5, 5.41) is 36.4. The molecule has 10 nitrogen and oxygen atoms in total. The fourth-order valence-electron chi connectivity index (χ4n) is 6.55. The maximum Gasteiger partial charge on any atom is 0.230 e. The number of amides is 1. The number of aliphatic hydroxyl groups excluding tert-OH is 1. The molecule has 3 unspecified atom stereocenters. The third kappa shape index (κ3) is 3.87. The van der Waals surface area contributed by atoms with Crippen LogP contribution in [0.3, 0.4) is 0 Å². The molecule has 6 N–H and O–H groups in total. The Bertz CT molecular complexity index is 1120. The minimum atomic E-state index is -2.64. The van der Waals surface area contributed by atoms with Crippen molar-refractivity contribution in [1.82, 2.24) is 10.2 Å². The molecule has 1 aromatic rings. The highest BCUT2D eigenvalue weighted by molar-refractivity contribution is 6.25. The van der Waals surface area contributed by atoms with Crippen LogP contribution in [0.25, 0.3) is 0 Å². The molecule has 10 heteroatoms. The van der Waals surface area contributed by atoms with Gasteiger partial charge in [0.2, 0.25) is 5.91 Å². The van der Waals surface area contributed by atoms with Crippen molar-refractivity contribution in [2.75, 3.05) is 20.6 Å². The number of nitrogens with zero attached hydrogens (tertiary/aromatic N) is 1. The Morgan fingerprint density at radius 1 is 1.22 bits per heavy atom. The van der Waals surface area contributed by atoms with Crippen molar-refractivity contribution < 1.29 is 34.5 Å². The first-order valence-electron chi connectivity index (χ1n) is 12.4. The van der Waals surface area contributed by atoms with Gasteiger partial charge in [0.1, 0.15) is 11.7 Å². The van der Waals surface area contributed by atoms with Crippen LogP contribution in [0.5, 0.6) is 5.75 Å². The lowest BCUT2D eigenvalue weighted by Crippen LogP contribution is -2.75. The van der Waals surface area contributed by atoms with E-state index in [2.05, 4.69) is 19.2 Å². The fourth-order valence-corrected chi connectivity index (χ4v) is 6.55. The Labute approximate surface area is 209 Å². The number of aromatic hydroxyl groups is 1. The van der Waals surface area contributed by atoms with Crippen molar-refractivity contribution >= 4 is 23.3 Å². The van der Waals surface area contributed by atoms with E-state index in [9.17, 15) is 34.5 Å². The van der Waals surface area contributed by atoms with E-state index in [1.165, 1.54) is 6.07 Å². The molecule has 0 radical (unpaired) electrons. The first-order valence-corrected chi connectivity index (χ1v) is 12.4. The molecule has 4 rings (SSSR count). The number of phenols is 1. The average Bonchev–Trinajstić information content (AvgIpc) is 2.77. The monoisotopic (exact) mass is 501 g/mol. The highest BCUT2D eigenvalue weighted by Crippen LogP contribution is 2.51. The quantitative estimate of drug-likeness (QED) is 0.320. The fraction of sp³-hybridized carbons (Fsp3) is 0.615. The second-order valence-electron chi connectivity index (χ2n) is 11.1. The molecule has 36 heavy (non-hydrogen) atoms. The largest absolute Gasteiger partial charge is 0.507 e. The van der Waals surface area contributed by atoms with Crippen molar-refractivity contribution in [3.63, 3.8) is 0 Å². The number of fused-ring (bicyclic) bond motifs is 3. The number of rotatable bonds is 6. The molecule has 1 aromatic carbocycles. The predicted molar refractivity (Wildman–Crippen MR) is 129 cm³/mol. The van der Waals surface area contributed by atoms with Gasteiger partial charge in [-0.3, -0.25) is 19.2 Å². The highest BCUT2D eigenvalue weighted by Gasteiger charge is 2.69. The van der Waals surface area contributed by atoms with E-state index in [-0.39, 0.29) is 17.7 Å². The number of hydrogen-bond acceptors (Lipinski definition) is 9. The first kappa shape index (κ1) is 26.4. The lowest BCUT2D eigenvalue weighted by molar-refractivity contribution is -0.190. The van der Waals surface area contributed by atoms with Crippen molar-refractivity contribution in [2.45, 2.75) is 51.0 Å². The molecule has 7 atom stereocenters. The van der Waals surface area contributed by atoms with E-state index in [0.717, 1.165) is 12.1 Å². The smallest absolute Gasteiger partial charge is 0.230 e. The standard InChI is InChI=1S/C26H35N3O7/c1-11(2)9-28-10-12-5-6-16(30)18-14(12)7-13-8-15-20(29(3)4)22(32)19(25(27)35)24(34)26(15,36)23(33)17(13)21(18)31/h5-6,11,13,15,17,19-20,22,28,30,32,36H,7-10H2,1-4H3,(H2,27,35)/t13-,15-,17?,19?,20-,22?,26-/m1/s1. The molecule has 0 aliphatic heterocycles. The summed E-state index contributed by atoms with van der Waals surface area (Å²) in [6.07, 6.45) is -1.11. The zero-order valence-electron chi connectivity index (χ0n) is 21.0. The number of likely N-dealkylation sites (N-methyl/N-ethyl adjacent to an activating group) is 1. The summed E-state index contributed by atoms with van der Waals surface area (Å²) in [5.74, 6) is -8.48. The third-order valence-corrected chi connectivity index (χ3v) is 8.14. The molecule has 2 fully saturated rings. The lowest BCUT2D eigenvalue weighted by atomic mass is 9.52. The normalized spacial score (nSPS) is 33.9. The van der Waals surface area contributed by atoms with Crippen LogP contribution >= 0.6 is 0 Å². The van der Waals surface area contributed by atoms with Crippen LogP contribution in [0.4, 0.5) is 0 Å². The van der Waals surface area contributed by atoms with Gasteiger partial charge in [0.25, 0.3) is 0 Å². The molecule has 0 bridgehead atoms. The first-order chi connectivity index (χ1) is 16.8. The van der Waals surface area contributed by atoms with Crippen LogP contribution < -0.4 is 11.1 Å². The van der Waals surface area contributed by atoms with Gasteiger partial charge in [0.05, 0.1) is 17.6 Å². The Kier molecular flexibility index (Phi) is 6.85. The van der Waals surface area contributed by atoms with Gasteiger partial charge >= 0.3 is 0 Å². The van der Waals surface area contributed by atoms with Gasteiger partial charge in [0, 0.05) is 18.5 Å². The summed E-state index contributed by atoms with van der Waals surface area (Å²) < 4.78 is 0. The summed E-state index contributed by atoms with van der Waals surface area (Å²) >= 11 is 0. The van der Waals surface area contributed by atoms with E-state index < -0.39 is 64.7 Å². The minimum Gasteiger partial charge on any atom is -0.507 e. The summed E-state index contributed by atoms with van der Waals surface area (Å²) in [4.78, 5) is 54.4. The SMILES string of the molecule is CC(C)CNCc1ccc(O)c2c1C[C@@H]1C[C@@H]3[C@@H](N(C)C)C(O)C(C(N)=O)C(=O)[C@]3(O)C(=O)C1C2=O. The van der Waals surface area contributed by atoms with Crippen LogP contribution in [0.2, 0.25) is 0 Å². The van der Waals surface area contributed by atoms with E-state index in [1.807, 2.05) is 0 Å². The number of carbonyl (C=O) groups is 4. The van der Waals surface area contributed by atoms with Gasteiger partial charge in [-0.2, -0.15) is 0 Å². The number of nitrogens with two attached hydrogens (primary N) is 1. The van der Waals surface area contributed by atoms with Gasteiger partial charge in [-0.15, -0.1) is 0 Å². The molecule has 0 spiro atoms. The molecule has 3 aliphatic rings. The van der Waals surface area contributed by atoms with E-state index in [0.29, 0.717) is 24.4 Å². The summed E-state index contributed by atoms with van der Waals surface area (Å²) in [6, 6.07) is 2.26. The van der Waals surface area contributed by atoms with Crippen LogP contribution in [0.15, 0.2) is 12.1 Å². The molecular weight excluding hydrogens is 466 g/mol. The molecule has 0 heterocycles. The van der Waals surface area contributed by atoms with E-state index in [4.69, 9.17) is 5.73 Å². The van der Waals surface area contributed by atoms with Gasteiger partial charge in [-0.1, -0.05) is 19.9 Å². The Balaban J connectivity index is 1.79. The minimum absolute atomic E-state index is 0.0365. The summed E-state index contributed by atoms with van der Waals surface area (Å²) in [7, 11) is 3.24. The van der Waals surface area contributed by atoms with Crippen LogP contribution in [-0.2, 0) is 27.3 Å². The number of Topliss-reactive ketones (excluding diaryl/α,β-unsaturated/α-hetero) is 3. The number of primary amides is 1.